The summed E-state index contributed by atoms with van der Waals surface area (Å²) in [5.41, 5.74) is 6.58. The first-order valence-corrected chi connectivity index (χ1v) is 7.66. The molecule has 0 saturated carbocycles. The summed E-state index contributed by atoms with van der Waals surface area (Å²) in [5, 5.41) is 0.576. The fourth-order valence-corrected chi connectivity index (χ4v) is 3.04. The fourth-order valence-electron chi connectivity index (χ4n) is 2.46. The highest BCUT2D eigenvalue weighted by Gasteiger charge is 2.27. The molecule has 0 bridgehead atoms. The van der Waals surface area contributed by atoms with Crippen LogP contribution < -0.4 is 5.73 Å². The molecule has 1 fully saturated rings. The maximum Gasteiger partial charge on any atom is 0.255 e. The van der Waals surface area contributed by atoms with Crippen molar-refractivity contribution in [2.24, 2.45) is 11.7 Å². The minimum absolute atomic E-state index is 0.0275. The van der Waals surface area contributed by atoms with Crippen LogP contribution in [-0.4, -0.2) is 29.9 Å². The van der Waals surface area contributed by atoms with Crippen LogP contribution in [0.1, 0.15) is 30.1 Å². The standard InChI is InChI=1S/C14H18BrClN2O/c1-9(17)10-3-2-6-18(8-10)14(19)12-7-11(16)4-5-13(12)15/h4-5,7,9-10H,2-3,6,8,17H2,1H3/t9-,10+/m1/s1. The average molecular weight is 346 g/mol. The molecule has 1 aromatic carbocycles. The Morgan fingerprint density at radius 3 is 3.00 bits per heavy atom. The molecule has 2 atom stereocenters. The van der Waals surface area contributed by atoms with Crippen LogP contribution in [0.3, 0.4) is 0 Å². The number of rotatable bonds is 2. The Morgan fingerprint density at radius 2 is 2.32 bits per heavy atom. The zero-order valence-electron chi connectivity index (χ0n) is 10.9. The van der Waals surface area contributed by atoms with Crippen LogP contribution in [0.15, 0.2) is 22.7 Å². The van der Waals surface area contributed by atoms with Crippen LogP contribution in [0.25, 0.3) is 0 Å². The van der Waals surface area contributed by atoms with Gasteiger partial charge in [0.25, 0.3) is 5.91 Å². The highest BCUT2D eigenvalue weighted by molar-refractivity contribution is 9.10. The Labute approximate surface area is 127 Å². The number of nitrogens with zero attached hydrogens (tertiary/aromatic N) is 1. The summed E-state index contributed by atoms with van der Waals surface area (Å²) in [7, 11) is 0. The highest BCUT2D eigenvalue weighted by atomic mass is 79.9. The molecule has 0 aromatic heterocycles. The van der Waals surface area contributed by atoms with E-state index in [1.165, 1.54) is 0 Å². The molecule has 0 aliphatic carbocycles. The molecule has 2 N–H and O–H groups in total. The molecule has 1 aromatic rings. The van der Waals surface area contributed by atoms with Gasteiger partial charge in [-0.25, -0.2) is 0 Å². The van der Waals surface area contributed by atoms with Gasteiger partial charge in [0.2, 0.25) is 0 Å². The van der Waals surface area contributed by atoms with Crippen molar-refractivity contribution in [3.8, 4) is 0 Å². The third-order valence-electron chi connectivity index (χ3n) is 3.65. The second-order valence-electron chi connectivity index (χ2n) is 5.14. The summed E-state index contributed by atoms with van der Waals surface area (Å²) in [6, 6.07) is 5.41. The summed E-state index contributed by atoms with van der Waals surface area (Å²) >= 11 is 9.38. The molecular weight excluding hydrogens is 328 g/mol. The fraction of sp³-hybridized carbons (Fsp3) is 0.500. The average Bonchev–Trinajstić information content (AvgIpc) is 2.41. The Kier molecular flexibility index (Phi) is 4.87. The Balaban J connectivity index is 2.17. The molecule has 0 radical (unpaired) electrons. The van der Waals surface area contributed by atoms with Crippen molar-refractivity contribution in [3.05, 3.63) is 33.3 Å². The van der Waals surface area contributed by atoms with Gasteiger partial charge in [0.15, 0.2) is 0 Å². The van der Waals surface area contributed by atoms with Gasteiger partial charge in [0, 0.05) is 28.6 Å². The molecule has 1 saturated heterocycles. The normalized spacial score (nSPS) is 21.3. The Bertz CT molecular complexity index is 479. The maximum atomic E-state index is 12.5. The van der Waals surface area contributed by atoms with E-state index in [9.17, 15) is 4.79 Å². The van der Waals surface area contributed by atoms with Crippen LogP contribution in [0.4, 0.5) is 0 Å². The highest BCUT2D eigenvalue weighted by Crippen LogP contribution is 2.25. The predicted molar refractivity (Wildman–Crippen MR) is 81.4 cm³/mol. The molecule has 1 heterocycles. The van der Waals surface area contributed by atoms with Crippen molar-refractivity contribution in [2.75, 3.05) is 13.1 Å². The van der Waals surface area contributed by atoms with Gasteiger partial charge in [-0.1, -0.05) is 11.6 Å². The van der Waals surface area contributed by atoms with E-state index in [1.807, 2.05) is 17.9 Å². The molecule has 104 valence electrons. The van der Waals surface area contributed by atoms with Gasteiger partial charge in [-0.3, -0.25) is 4.79 Å². The number of benzene rings is 1. The van der Waals surface area contributed by atoms with Gasteiger partial charge in [-0.2, -0.15) is 0 Å². The van der Waals surface area contributed by atoms with E-state index in [-0.39, 0.29) is 11.9 Å². The van der Waals surface area contributed by atoms with Gasteiger partial charge >= 0.3 is 0 Å². The van der Waals surface area contributed by atoms with E-state index in [1.54, 1.807) is 12.1 Å². The third kappa shape index (κ3) is 3.50. The van der Waals surface area contributed by atoms with Crippen molar-refractivity contribution < 1.29 is 4.79 Å². The van der Waals surface area contributed by atoms with Gasteiger partial charge in [0.1, 0.15) is 0 Å². The zero-order valence-corrected chi connectivity index (χ0v) is 13.2. The Hall–Kier alpha value is -0.580. The van der Waals surface area contributed by atoms with Gasteiger partial charge in [-0.05, 0) is 59.8 Å². The van der Waals surface area contributed by atoms with Crippen LogP contribution in [0.2, 0.25) is 5.02 Å². The van der Waals surface area contributed by atoms with E-state index >= 15 is 0 Å². The molecule has 0 unspecified atom stereocenters. The van der Waals surface area contributed by atoms with Crippen molar-refractivity contribution >= 4 is 33.4 Å². The lowest BCUT2D eigenvalue weighted by atomic mass is 9.92. The van der Waals surface area contributed by atoms with Crippen LogP contribution in [0.5, 0.6) is 0 Å². The second-order valence-corrected chi connectivity index (χ2v) is 6.43. The van der Waals surface area contributed by atoms with Crippen LogP contribution in [0, 0.1) is 5.92 Å². The lowest BCUT2D eigenvalue weighted by molar-refractivity contribution is 0.0660. The van der Waals surface area contributed by atoms with Crippen molar-refractivity contribution in [2.45, 2.75) is 25.8 Å². The number of carbonyl (C=O) groups is 1. The molecular formula is C14H18BrClN2O. The molecule has 5 heteroatoms. The number of amides is 1. The number of hydrogen-bond acceptors (Lipinski definition) is 2. The lowest BCUT2D eigenvalue weighted by Crippen LogP contribution is -2.45. The van der Waals surface area contributed by atoms with Gasteiger partial charge in [-0.15, -0.1) is 0 Å². The lowest BCUT2D eigenvalue weighted by Gasteiger charge is -2.34. The number of nitrogens with two attached hydrogens (primary N) is 1. The molecule has 1 aliphatic rings. The minimum atomic E-state index is 0.0275. The molecule has 1 aliphatic heterocycles. The van der Waals surface area contributed by atoms with Crippen molar-refractivity contribution in [1.29, 1.82) is 0 Å². The first-order valence-electron chi connectivity index (χ1n) is 6.49. The maximum absolute atomic E-state index is 12.5. The smallest absolute Gasteiger partial charge is 0.255 e. The second kappa shape index (κ2) is 6.25. The summed E-state index contributed by atoms with van der Waals surface area (Å²) in [4.78, 5) is 14.4. The molecule has 1 amide bonds. The van der Waals surface area contributed by atoms with Crippen molar-refractivity contribution in [3.63, 3.8) is 0 Å². The number of halogens is 2. The van der Waals surface area contributed by atoms with E-state index < -0.39 is 0 Å². The summed E-state index contributed by atoms with van der Waals surface area (Å²) in [5.74, 6) is 0.412. The van der Waals surface area contributed by atoms with E-state index in [2.05, 4.69) is 15.9 Å². The quantitative estimate of drug-likeness (QED) is 0.894. The van der Waals surface area contributed by atoms with Gasteiger partial charge in [0.05, 0.1) is 5.56 Å². The largest absolute Gasteiger partial charge is 0.338 e. The molecule has 3 nitrogen and oxygen atoms in total. The first-order chi connectivity index (χ1) is 8.99. The number of hydrogen-bond donors (Lipinski definition) is 1. The summed E-state index contributed by atoms with van der Waals surface area (Å²) in [6.45, 7) is 3.53. The molecule has 2 rings (SSSR count). The van der Waals surface area contributed by atoms with Crippen LogP contribution >= 0.6 is 27.5 Å². The topological polar surface area (TPSA) is 46.3 Å². The van der Waals surface area contributed by atoms with Gasteiger partial charge < -0.3 is 10.6 Å². The van der Waals surface area contributed by atoms with Crippen LogP contribution in [-0.2, 0) is 0 Å². The summed E-state index contributed by atoms with van der Waals surface area (Å²) in [6.07, 6.45) is 2.11. The third-order valence-corrected chi connectivity index (χ3v) is 4.57. The number of likely N-dealkylation sites (tertiary alicyclic amines) is 1. The monoisotopic (exact) mass is 344 g/mol. The minimum Gasteiger partial charge on any atom is -0.338 e. The number of piperidine rings is 1. The van der Waals surface area contributed by atoms with Crippen molar-refractivity contribution in [1.82, 2.24) is 4.90 Å². The zero-order chi connectivity index (χ0) is 14.0. The SMILES string of the molecule is C[C@@H](N)[C@H]1CCCN(C(=O)c2cc(Cl)ccc2Br)C1. The summed E-state index contributed by atoms with van der Waals surface area (Å²) < 4.78 is 0.782. The first kappa shape index (κ1) is 14.8. The van der Waals surface area contributed by atoms with E-state index in [0.29, 0.717) is 16.5 Å². The molecule has 0 spiro atoms. The van der Waals surface area contributed by atoms with E-state index in [0.717, 1.165) is 30.4 Å². The molecule has 19 heavy (non-hydrogen) atoms. The van der Waals surface area contributed by atoms with E-state index in [4.69, 9.17) is 17.3 Å². The Morgan fingerprint density at radius 1 is 1.58 bits per heavy atom. The number of carbonyl (C=O) groups excluding carboxylic acids is 1. The predicted octanol–water partition coefficient (Wildman–Crippen LogP) is 3.30.